The number of aromatic nitrogens is 3. The summed E-state index contributed by atoms with van der Waals surface area (Å²) < 4.78 is 6.39. The number of thiazole rings is 1. The molecule has 1 amide bonds. The molecule has 0 atom stereocenters. The predicted octanol–water partition coefficient (Wildman–Crippen LogP) is 3.51. The Balaban J connectivity index is 1.47. The number of hydrogen-bond acceptors (Lipinski definition) is 7. The maximum atomic E-state index is 12.8. The Morgan fingerprint density at radius 1 is 1.39 bits per heavy atom. The summed E-state index contributed by atoms with van der Waals surface area (Å²) in [5, 5.41) is 6.80. The fourth-order valence-electron chi connectivity index (χ4n) is 3.15. The van der Waals surface area contributed by atoms with Crippen molar-refractivity contribution in [3.8, 4) is 10.8 Å². The lowest BCUT2D eigenvalue weighted by Gasteiger charge is -2.17. The van der Waals surface area contributed by atoms with E-state index in [9.17, 15) is 9.59 Å². The van der Waals surface area contributed by atoms with Crippen molar-refractivity contribution in [3.63, 3.8) is 0 Å². The van der Waals surface area contributed by atoms with Crippen LogP contribution in [0, 0.1) is 0 Å². The van der Waals surface area contributed by atoms with Crippen molar-refractivity contribution in [2.45, 2.75) is 38.6 Å². The molecule has 0 radical (unpaired) electrons. The van der Waals surface area contributed by atoms with Crippen LogP contribution in [0.15, 0.2) is 39.4 Å². The zero-order valence-electron chi connectivity index (χ0n) is 15.3. The van der Waals surface area contributed by atoms with Crippen LogP contribution < -0.4 is 10.7 Å². The maximum absolute atomic E-state index is 12.8. The summed E-state index contributed by atoms with van der Waals surface area (Å²) in [6, 6.07) is 3.70. The van der Waals surface area contributed by atoms with Gasteiger partial charge >= 0.3 is 5.76 Å². The van der Waals surface area contributed by atoms with Gasteiger partial charge < -0.3 is 4.42 Å². The monoisotopic (exact) mass is 416 g/mol. The van der Waals surface area contributed by atoms with E-state index < -0.39 is 5.76 Å². The molecule has 0 aromatic carbocycles. The van der Waals surface area contributed by atoms with Crippen molar-refractivity contribution >= 4 is 33.7 Å². The van der Waals surface area contributed by atoms with E-state index in [-0.39, 0.29) is 24.8 Å². The number of thiophene rings is 1. The summed E-state index contributed by atoms with van der Waals surface area (Å²) in [5.74, 6) is -0.391. The van der Waals surface area contributed by atoms with E-state index in [1.807, 2.05) is 17.5 Å². The van der Waals surface area contributed by atoms with E-state index in [1.165, 1.54) is 27.3 Å². The lowest BCUT2D eigenvalue weighted by atomic mass is 10.0. The first-order chi connectivity index (χ1) is 13.7. The van der Waals surface area contributed by atoms with Crippen molar-refractivity contribution in [2.24, 2.45) is 0 Å². The zero-order chi connectivity index (χ0) is 19.5. The van der Waals surface area contributed by atoms with E-state index in [0.717, 1.165) is 29.8 Å². The van der Waals surface area contributed by atoms with Crippen LogP contribution in [0.3, 0.4) is 0 Å². The van der Waals surface area contributed by atoms with Crippen LogP contribution >= 0.6 is 22.7 Å². The van der Waals surface area contributed by atoms with Gasteiger partial charge in [-0.05, 0) is 37.1 Å². The average molecular weight is 417 g/mol. The van der Waals surface area contributed by atoms with Crippen LogP contribution in [0.25, 0.3) is 10.8 Å². The molecule has 1 aliphatic carbocycles. The van der Waals surface area contributed by atoms with Gasteiger partial charge in [-0.3, -0.25) is 9.69 Å². The van der Waals surface area contributed by atoms with E-state index in [2.05, 4.69) is 16.7 Å². The Kier molecular flexibility index (Phi) is 5.54. The van der Waals surface area contributed by atoms with Crippen LogP contribution in [0.1, 0.15) is 29.8 Å². The van der Waals surface area contributed by atoms with Crippen LogP contribution in [-0.2, 0) is 24.2 Å². The second kappa shape index (κ2) is 8.24. The first-order valence-corrected chi connectivity index (χ1v) is 10.9. The highest BCUT2D eigenvalue weighted by Gasteiger charge is 2.23. The molecule has 4 rings (SSSR count). The van der Waals surface area contributed by atoms with Crippen LogP contribution in [-0.4, -0.2) is 27.2 Å². The van der Waals surface area contributed by atoms with Gasteiger partial charge in [0.05, 0.1) is 17.1 Å². The van der Waals surface area contributed by atoms with Crippen molar-refractivity contribution in [2.75, 3.05) is 11.4 Å². The number of nitrogens with zero attached hydrogens (tertiary/aromatic N) is 4. The Bertz CT molecular complexity index is 1010. The topological polar surface area (TPSA) is 81.2 Å². The van der Waals surface area contributed by atoms with Gasteiger partial charge in [0.25, 0.3) is 5.89 Å². The molecule has 7 nitrogen and oxygen atoms in total. The zero-order valence-corrected chi connectivity index (χ0v) is 16.9. The van der Waals surface area contributed by atoms with Gasteiger partial charge in [0, 0.05) is 17.8 Å². The summed E-state index contributed by atoms with van der Waals surface area (Å²) in [5.41, 5.74) is 1.11. The normalized spacial score (nSPS) is 13.3. The molecule has 146 valence electrons. The molecule has 3 heterocycles. The second-order valence-electron chi connectivity index (χ2n) is 6.49. The van der Waals surface area contributed by atoms with E-state index in [0.29, 0.717) is 11.7 Å². The fraction of sp³-hybridized carbons (Fsp3) is 0.368. The van der Waals surface area contributed by atoms with Crippen LogP contribution in [0.2, 0.25) is 0 Å². The van der Waals surface area contributed by atoms with Gasteiger partial charge in [-0.15, -0.1) is 34.4 Å². The SMILES string of the molecule is C=CCN(C(=O)CCn1nc(-c2cccs2)oc1=O)c1nc2c(s1)CCCC2. The fourth-order valence-corrected chi connectivity index (χ4v) is 4.97. The minimum atomic E-state index is -0.559. The number of hydrogen-bond donors (Lipinski definition) is 0. The summed E-state index contributed by atoms with van der Waals surface area (Å²) >= 11 is 3.03. The molecule has 0 aliphatic heterocycles. The molecule has 0 unspecified atom stereocenters. The van der Waals surface area contributed by atoms with E-state index >= 15 is 0 Å². The van der Waals surface area contributed by atoms with Crippen molar-refractivity contribution in [3.05, 3.63) is 51.3 Å². The Labute approximate surface area is 169 Å². The van der Waals surface area contributed by atoms with E-state index in [4.69, 9.17) is 4.42 Å². The highest BCUT2D eigenvalue weighted by Crippen LogP contribution is 2.32. The van der Waals surface area contributed by atoms with Crippen LogP contribution in [0.4, 0.5) is 5.13 Å². The molecule has 0 N–H and O–H groups in total. The minimum Gasteiger partial charge on any atom is -0.387 e. The number of anilines is 1. The first-order valence-electron chi connectivity index (χ1n) is 9.17. The van der Waals surface area contributed by atoms with Gasteiger partial charge in [-0.1, -0.05) is 12.1 Å². The lowest BCUT2D eigenvalue weighted by Crippen LogP contribution is -2.32. The number of rotatable bonds is 7. The molecular weight excluding hydrogens is 396 g/mol. The molecule has 3 aromatic rings. The number of aryl methyl sites for hydroxylation is 3. The molecular formula is C19H20N4O3S2. The van der Waals surface area contributed by atoms with Gasteiger partial charge in [0.1, 0.15) is 0 Å². The summed E-state index contributed by atoms with van der Waals surface area (Å²) in [7, 11) is 0. The van der Waals surface area contributed by atoms with Gasteiger partial charge in [-0.25, -0.2) is 9.78 Å². The number of fused-ring (bicyclic) bond motifs is 1. The minimum absolute atomic E-state index is 0.112. The Morgan fingerprint density at radius 2 is 2.25 bits per heavy atom. The number of carbonyl (C=O) groups excluding carboxylic acids is 1. The summed E-state index contributed by atoms with van der Waals surface area (Å²) in [6.45, 7) is 4.30. The highest BCUT2D eigenvalue weighted by molar-refractivity contribution is 7.16. The summed E-state index contributed by atoms with van der Waals surface area (Å²) in [6.07, 6.45) is 6.15. The van der Waals surface area contributed by atoms with Crippen molar-refractivity contribution < 1.29 is 9.21 Å². The molecule has 0 spiro atoms. The van der Waals surface area contributed by atoms with Gasteiger partial charge in [-0.2, -0.15) is 4.68 Å². The molecule has 0 saturated carbocycles. The first kappa shape index (κ1) is 18.8. The third-order valence-electron chi connectivity index (χ3n) is 4.55. The van der Waals surface area contributed by atoms with E-state index in [1.54, 1.807) is 22.3 Å². The van der Waals surface area contributed by atoms with Crippen molar-refractivity contribution in [1.29, 1.82) is 0 Å². The van der Waals surface area contributed by atoms with Crippen LogP contribution in [0.5, 0.6) is 0 Å². The maximum Gasteiger partial charge on any atom is 0.437 e. The molecule has 1 aliphatic rings. The third kappa shape index (κ3) is 3.85. The quantitative estimate of drug-likeness (QED) is 0.551. The van der Waals surface area contributed by atoms with Crippen molar-refractivity contribution in [1.82, 2.24) is 14.8 Å². The summed E-state index contributed by atoms with van der Waals surface area (Å²) in [4.78, 5) is 33.2. The highest BCUT2D eigenvalue weighted by atomic mass is 32.1. The molecule has 0 fully saturated rings. The number of amides is 1. The molecule has 0 saturated heterocycles. The standard InChI is InChI=1S/C19H20N4O3S2/c1-2-10-22(18-20-13-6-3-4-7-14(13)28-18)16(24)9-11-23-19(25)26-17(21-23)15-8-5-12-27-15/h2,5,8,12H,1,3-4,6-7,9-11H2. The smallest absolute Gasteiger partial charge is 0.387 e. The molecule has 3 aromatic heterocycles. The lowest BCUT2D eigenvalue weighted by molar-refractivity contribution is -0.118. The largest absolute Gasteiger partial charge is 0.437 e. The predicted molar refractivity (Wildman–Crippen MR) is 110 cm³/mol. The third-order valence-corrected chi connectivity index (χ3v) is 6.59. The number of carbonyl (C=O) groups is 1. The average Bonchev–Trinajstić information content (AvgIpc) is 3.43. The second-order valence-corrected chi connectivity index (χ2v) is 8.50. The Morgan fingerprint density at radius 3 is 3.00 bits per heavy atom. The Hall–Kier alpha value is -2.52. The van der Waals surface area contributed by atoms with Gasteiger partial charge in [0.2, 0.25) is 5.91 Å². The van der Waals surface area contributed by atoms with Gasteiger partial charge in [0.15, 0.2) is 5.13 Å². The molecule has 9 heteroatoms. The molecule has 28 heavy (non-hydrogen) atoms. The molecule has 0 bridgehead atoms.